The Morgan fingerprint density at radius 1 is 1.12 bits per heavy atom. The van der Waals surface area contributed by atoms with Crippen LogP contribution >= 0.6 is 11.8 Å². The molecule has 0 saturated heterocycles. The Kier molecular flexibility index (Phi) is 5.65. The summed E-state index contributed by atoms with van der Waals surface area (Å²) in [6.07, 6.45) is 2.05. The largest absolute Gasteiger partial charge is 0.338 e. The third-order valence-corrected chi connectivity index (χ3v) is 4.56. The summed E-state index contributed by atoms with van der Waals surface area (Å²) in [6.45, 7) is 1.29. The van der Waals surface area contributed by atoms with Crippen molar-refractivity contribution in [3.63, 3.8) is 0 Å². The van der Waals surface area contributed by atoms with Crippen molar-refractivity contribution in [1.29, 1.82) is 0 Å². The van der Waals surface area contributed by atoms with E-state index in [0.29, 0.717) is 23.8 Å². The molecular formula is C18H18N4O3S. The van der Waals surface area contributed by atoms with Crippen LogP contribution in [0.5, 0.6) is 0 Å². The van der Waals surface area contributed by atoms with Gasteiger partial charge in [-0.25, -0.2) is 0 Å². The fourth-order valence-electron chi connectivity index (χ4n) is 2.50. The van der Waals surface area contributed by atoms with Gasteiger partial charge in [0.25, 0.3) is 5.69 Å². The van der Waals surface area contributed by atoms with Crippen LogP contribution in [0.3, 0.4) is 0 Å². The Morgan fingerprint density at radius 3 is 2.42 bits per heavy atom. The van der Waals surface area contributed by atoms with E-state index in [1.165, 1.54) is 22.6 Å². The minimum Gasteiger partial charge on any atom is -0.338 e. The van der Waals surface area contributed by atoms with E-state index in [2.05, 4.69) is 45.6 Å². The molecule has 0 bridgehead atoms. The van der Waals surface area contributed by atoms with Gasteiger partial charge in [-0.1, -0.05) is 17.3 Å². The van der Waals surface area contributed by atoms with Gasteiger partial charge in [-0.2, -0.15) is 4.98 Å². The maximum Gasteiger partial charge on any atom is 0.269 e. The second-order valence-electron chi connectivity index (χ2n) is 5.84. The molecule has 0 spiro atoms. The van der Waals surface area contributed by atoms with E-state index in [9.17, 15) is 10.1 Å². The molecule has 0 radical (unpaired) electrons. The molecule has 1 aromatic heterocycles. The number of thioether (sulfide) groups is 1. The Hall–Kier alpha value is -2.71. The SMILES string of the molecule is CSc1ccc(CN(C)Cc2nc(-c3ccc([N+](=O)[O-])cc3)no2)cc1. The van der Waals surface area contributed by atoms with E-state index in [1.807, 2.05) is 7.05 Å². The van der Waals surface area contributed by atoms with Gasteiger partial charge >= 0.3 is 0 Å². The topological polar surface area (TPSA) is 85.3 Å². The summed E-state index contributed by atoms with van der Waals surface area (Å²) in [5.41, 5.74) is 1.92. The number of benzene rings is 2. The molecule has 0 fully saturated rings. The number of hydrogen-bond acceptors (Lipinski definition) is 7. The van der Waals surface area contributed by atoms with Crippen LogP contribution in [0.25, 0.3) is 11.4 Å². The summed E-state index contributed by atoms with van der Waals surface area (Å²) in [7, 11) is 1.98. The molecule has 8 heteroatoms. The molecule has 0 amide bonds. The van der Waals surface area contributed by atoms with Crippen LogP contribution in [0, 0.1) is 10.1 Å². The number of rotatable bonds is 7. The van der Waals surface area contributed by atoms with E-state index < -0.39 is 4.92 Å². The van der Waals surface area contributed by atoms with E-state index in [4.69, 9.17) is 4.52 Å². The summed E-state index contributed by atoms with van der Waals surface area (Å²) in [4.78, 5) is 18.0. The molecule has 0 N–H and O–H groups in total. The zero-order valence-electron chi connectivity index (χ0n) is 14.5. The Labute approximate surface area is 155 Å². The average molecular weight is 370 g/mol. The minimum atomic E-state index is -0.438. The van der Waals surface area contributed by atoms with Gasteiger partial charge in [-0.3, -0.25) is 15.0 Å². The van der Waals surface area contributed by atoms with Crippen LogP contribution in [0.2, 0.25) is 0 Å². The van der Waals surface area contributed by atoms with E-state index in [0.717, 1.165) is 6.54 Å². The molecule has 3 rings (SSSR count). The Balaban J connectivity index is 1.62. The molecule has 7 nitrogen and oxygen atoms in total. The van der Waals surface area contributed by atoms with Crippen molar-refractivity contribution in [1.82, 2.24) is 15.0 Å². The van der Waals surface area contributed by atoms with Crippen molar-refractivity contribution in [2.75, 3.05) is 13.3 Å². The average Bonchev–Trinajstić information content (AvgIpc) is 3.10. The van der Waals surface area contributed by atoms with Gasteiger partial charge in [0.2, 0.25) is 11.7 Å². The zero-order valence-corrected chi connectivity index (χ0v) is 15.3. The van der Waals surface area contributed by atoms with Crippen LogP contribution in [-0.4, -0.2) is 33.3 Å². The molecule has 0 aliphatic carbocycles. The highest BCUT2D eigenvalue weighted by Crippen LogP contribution is 2.20. The molecule has 26 heavy (non-hydrogen) atoms. The lowest BCUT2D eigenvalue weighted by atomic mass is 10.2. The highest BCUT2D eigenvalue weighted by Gasteiger charge is 2.12. The van der Waals surface area contributed by atoms with Gasteiger partial charge in [-0.15, -0.1) is 11.8 Å². The van der Waals surface area contributed by atoms with Crippen LogP contribution in [-0.2, 0) is 13.1 Å². The fourth-order valence-corrected chi connectivity index (χ4v) is 2.91. The molecule has 0 saturated carbocycles. The third kappa shape index (κ3) is 4.47. The molecule has 0 aliphatic heterocycles. The molecule has 0 aliphatic rings. The van der Waals surface area contributed by atoms with Crippen molar-refractivity contribution >= 4 is 17.4 Å². The first-order valence-corrected chi connectivity index (χ1v) is 9.16. The smallest absolute Gasteiger partial charge is 0.269 e. The Morgan fingerprint density at radius 2 is 1.81 bits per heavy atom. The van der Waals surface area contributed by atoms with Crippen LogP contribution in [0.15, 0.2) is 57.9 Å². The standard InChI is InChI=1S/C18H18N4O3S/c1-21(11-13-3-9-16(26-2)10-4-13)12-17-19-18(20-25-17)14-5-7-15(8-6-14)22(23)24/h3-10H,11-12H2,1-2H3. The quantitative estimate of drug-likeness (QED) is 0.353. The summed E-state index contributed by atoms with van der Waals surface area (Å²) in [5.74, 6) is 0.925. The van der Waals surface area contributed by atoms with E-state index in [-0.39, 0.29) is 5.69 Å². The van der Waals surface area contributed by atoms with Gasteiger partial charge in [0.1, 0.15) is 0 Å². The first-order valence-electron chi connectivity index (χ1n) is 7.94. The number of nitro groups is 1. The number of nitrogens with zero attached hydrogens (tertiary/aromatic N) is 4. The summed E-state index contributed by atoms with van der Waals surface area (Å²) in [5, 5.41) is 14.7. The summed E-state index contributed by atoms with van der Waals surface area (Å²) in [6, 6.07) is 14.5. The predicted octanol–water partition coefficient (Wildman–Crippen LogP) is 4.00. The fraction of sp³-hybridized carbons (Fsp3) is 0.222. The van der Waals surface area contributed by atoms with Crippen molar-refractivity contribution in [2.45, 2.75) is 18.0 Å². The zero-order chi connectivity index (χ0) is 18.5. The number of non-ortho nitro benzene ring substituents is 1. The van der Waals surface area contributed by atoms with Crippen molar-refractivity contribution in [2.24, 2.45) is 0 Å². The molecular weight excluding hydrogens is 352 g/mol. The molecule has 0 unspecified atom stereocenters. The van der Waals surface area contributed by atoms with Crippen molar-refractivity contribution in [3.05, 3.63) is 70.1 Å². The van der Waals surface area contributed by atoms with Gasteiger partial charge in [0.15, 0.2) is 0 Å². The third-order valence-electron chi connectivity index (χ3n) is 3.82. The molecule has 3 aromatic rings. The highest BCUT2D eigenvalue weighted by atomic mass is 32.2. The first-order chi connectivity index (χ1) is 12.5. The van der Waals surface area contributed by atoms with Gasteiger partial charge in [-0.05, 0) is 43.1 Å². The van der Waals surface area contributed by atoms with Crippen LogP contribution < -0.4 is 0 Å². The first kappa shape index (κ1) is 18.1. The maximum atomic E-state index is 10.7. The molecule has 1 heterocycles. The van der Waals surface area contributed by atoms with E-state index in [1.54, 1.807) is 23.9 Å². The van der Waals surface area contributed by atoms with E-state index >= 15 is 0 Å². The lowest BCUT2D eigenvalue weighted by Gasteiger charge is -2.14. The van der Waals surface area contributed by atoms with Crippen LogP contribution in [0.4, 0.5) is 5.69 Å². The monoisotopic (exact) mass is 370 g/mol. The minimum absolute atomic E-state index is 0.0321. The molecule has 2 aromatic carbocycles. The van der Waals surface area contributed by atoms with Crippen molar-refractivity contribution < 1.29 is 9.45 Å². The van der Waals surface area contributed by atoms with Gasteiger partial charge in [0.05, 0.1) is 11.5 Å². The van der Waals surface area contributed by atoms with Gasteiger partial charge < -0.3 is 4.52 Å². The lowest BCUT2D eigenvalue weighted by Crippen LogP contribution is -2.17. The molecule has 134 valence electrons. The number of nitro benzene ring substituents is 1. The summed E-state index contributed by atoms with van der Waals surface area (Å²) >= 11 is 1.72. The lowest BCUT2D eigenvalue weighted by molar-refractivity contribution is -0.384. The summed E-state index contributed by atoms with van der Waals surface area (Å²) < 4.78 is 5.30. The van der Waals surface area contributed by atoms with Gasteiger partial charge in [0, 0.05) is 29.1 Å². The highest BCUT2D eigenvalue weighted by molar-refractivity contribution is 7.98. The number of aromatic nitrogens is 2. The second-order valence-corrected chi connectivity index (χ2v) is 6.72. The Bertz CT molecular complexity index is 878. The normalized spacial score (nSPS) is 11.0. The van der Waals surface area contributed by atoms with Crippen molar-refractivity contribution in [3.8, 4) is 11.4 Å². The molecule has 0 atom stereocenters. The maximum absolute atomic E-state index is 10.7. The predicted molar refractivity (Wildman–Crippen MR) is 99.8 cm³/mol. The van der Waals surface area contributed by atoms with Crippen LogP contribution in [0.1, 0.15) is 11.5 Å². The number of hydrogen-bond donors (Lipinski definition) is 0. The second kappa shape index (κ2) is 8.11.